The Morgan fingerprint density at radius 3 is 2.74 bits per heavy atom. The van der Waals surface area contributed by atoms with Crippen LogP contribution in [0.5, 0.6) is 0 Å². The molecule has 1 aliphatic rings. The molecule has 1 aromatic carbocycles. The van der Waals surface area contributed by atoms with Gasteiger partial charge in [-0.3, -0.25) is 10.2 Å². The van der Waals surface area contributed by atoms with Crippen LogP contribution in [0.4, 0.5) is 0 Å². The number of piperazine rings is 1. The minimum absolute atomic E-state index is 0.0385. The van der Waals surface area contributed by atoms with E-state index in [0.717, 1.165) is 38.2 Å². The van der Waals surface area contributed by atoms with Gasteiger partial charge < -0.3 is 10.6 Å². The highest BCUT2D eigenvalue weighted by atomic mass is 16.2. The highest BCUT2D eigenvalue weighted by Gasteiger charge is 2.16. The van der Waals surface area contributed by atoms with Gasteiger partial charge in [-0.25, -0.2) is 5.01 Å². The lowest BCUT2D eigenvalue weighted by atomic mass is 10.1. The molecule has 5 heteroatoms. The minimum Gasteiger partial charge on any atom is -0.330 e. The first kappa shape index (κ1) is 14.0. The average molecular weight is 262 g/mol. The summed E-state index contributed by atoms with van der Waals surface area (Å²) in [6.45, 7) is 4.29. The summed E-state index contributed by atoms with van der Waals surface area (Å²) in [4.78, 5) is 14.4. The Labute approximate surface area is 114 Å². The van der Waals surface area contributed by atoms with Crippen LogP contribution in [0.2, 0.25) is 0 Å². The molecular weight excluding hydrogens is 240 g/mol. The second kappa shape index (κ2) is 6.65. The molecule has 0 aromatic heterocycles. The molecule has 5 nitrogen and oxygen atoms in total. The number of carbonyl (C=O) groups excluding carboxylic acids is 1. The summed E-state index contributed by atoms with van der Waals surface area (Å²) >= 11 is 0. The van der Waals surface area contributed by atoms with Crippen molar-refractivity contribution in [3.05, 3.63) is 35.4 Å². The molecule has 3 N–H and O–H groups in total. The smallest absolute Gasteiger partial charge is 0.265 e. The Morgan fingerprint density at radius 1 is 1.32 bits per heavy atom. The van der Waals surface area contributed by atoms with Crippen LogP contribution in [0.1, 0.15) is 15.9 Å². The Bertz CT molecular complexity index is 427. The van der Waals surface area contributed by atoms with Gasteiger partial charge in [-0.05, 0) is 37.7 Å². The number of hydrogen-bond donors (Lipinski definition) is 2. The fourth-order valence-corrected chi connectivity index (χ4v) is 2.16. The van der Waals surface area contributed by atoms with Crippen molar-refractivity contribution in [1.82, 2.24) is 15.3 Å². The lowest BCUT2D eigenvalue weighted by Crippen LogP contribution is -2.52. The molecule has 1 aliphatic heterocycles. The van der Waals surface area contributed by atoms with Crippen molar-refractivity contribution in [1.29, 1.82) is 0 Å². The first-order valence-corrected chi connectivity index (χ1v) is 6.72. The van der Waals surface area contributed by atoms with Crippen LogP contribution in [0.25, 0.3) is 0 Å². The third kappa shape index (κ3) is 4.02. The van der Waals surface area contributed by atoms with Gasteiger partial charge >= 0.3 is 0 Å². The van der Waals surface area contributed by atoms with E-state index >= 15 is 0 Å². The molecule has 0 saturated carbocycles. The summed E-state index contributed by atoms with van der Waals surface area (Å²) in [7, 11) is 2.09. The first-order valence-electron chi connectivity index (χ1n) is 6.72. The lowest BCUT2D eigenvalue weighted by Gasteiger charge is -2.32. The van der Waals surface area contributed by atoms with Crippen LogP contribution in [-0.4, -0.2) is 55.6 Å². The summed E-state index contributed by atoms with van der Waals surface area (Å²) in [6.07, 6.45) is 0.801. The third-order valence-corrected chi connectivity index (χ3v) is 3.39. The topological polar surface area (TPSA) is 61.6 Å². The van der Waals surface area contributed by atoms with Gasteiger partial charge in [0.2, 0.25) is 0 Å². The molecule has 0 bridgehead atoms. The number of nitrogens with two attached hydrogens (primary N) is 1. The molecule has 1 amide bonds. The van der Waals surface area contributed by atoms with Crippen LogP contribution in [-0.2, 0) is 6.42 Å². The van der Waals surface area contributed by atoms with Gasteiger partial charge in [0.05, 0.1) is 0 Å². The maximum Gasteiger partial charge on any atom is 0.265 e. The molecule has 1 heterocycles. The standard InChI is InChI=1S/C14H22N4O/c1-17-7-9-18(10-8-17)16-14(19)13-4-2-3-12(11-13)5-6-15/h2-4,11H,5-10,15H2,1H3,(H,16,19). The van der Waals surface area contributed by atoms with Gasteiger partial charge in [0, 0.05) is 31.7 Å². The molecule has 1 saturated heterocycles. The highest BCUT2D eigenvalue weighted by Crippen LogP contribution is 2.06. The van der Waals surface area contributed by atoms with Crippen LogP contribution >= 0.6 is 0 Å². The van der Waals surface area contributed by atoms with E-state index in [0.29, 0.717) is 12.1 Å². The molecule has 0 aliphatic carbocycles. The molecule has 0 atom stereocenters. The van der Waals surface area contributed by atoms with Crippen molar-refractivity contribution in [2.24, 2.45) is 5.73 Å². The Morgan fingerprint density at radius 2 is 2.05 bits per heavy atom. The van der Waals surface area contributed by atoms with E-state index < -0.39 is 0 Å². The number of nitrogens with one attached hydrogen (secondary N) is 1. The van der Waals surface area contributed by atoms with Crippen molar-refractivity contribution < 1.29 is 4.79 Å². The van der Waals surface area contributed by atoms with E-state index in [1.807, 2.05) is 29.3 Å². The quantitative estimate of drug-likeness (QED) is 0.807. The second-order valence-electron chi connectivity index (χ2n) is 4.97. The van der Waals surface area contributed by atoms with Crippen molar-refractivity contribution in [3.8, 4) is 0 Å². The maximum absolute atomic E-state index is 12.2. The van der Waals surface area contributed by atoms with Gasteiger partial charge in [-0.1, -0.05) is 12.1 Å². The minimum atomic E-state index is -0.0385. The molecule has 2 rings (SSSR count). The molecular formula is C14H22N4O. The summed E-state index contributed by atoms with van der Waals surface area (Å²) < 4.78 is 0. The predicted octanol–water partition coefficient (Wildman–Crippen LogP) is 0.0800. The number of carbonyl (C=O) groups is 1. The van der Waals surface area contributed by atoms with Crippen LogP contribution in [0, 0.1) is 0 Å². The first-order chi connectivity index (χ1) is 9.19. The van der Waals surface area contributed by atoms with E-state index in [2.05, 4.69) is 17.4 Å². The maximum atomic E-state index is 12.2. The van der Waals surface area contributed by atoms with Crippen LogP contribution in [0.3, 0.4) is 0 Å². The number of likely N-dealkylation sites (N-methyl/N-ethyl adjacent to an activating group) is 1. The SMILES string of the molecule is CN1CCN(NC(=O)c2cccc(CCN)c2)CC1. The number of benzene rings is 1. The summed E-state index contributed by atoms with van der Waals surface area (Å²) in [5.41, 5.74) is 10.3. The van der Waals surface area contributed by atoms with E-state index in [1.165, 1.54) is 0 Å². The van der Waals surface area contributed by atoms with Crippen molar-refractivity contribution >= 4 is 5.91 Å². The molecule has 19 heavy (non-hydrogen) atoms. The summed E-state index contributed by atoms with van der Waals surface area (Å²) in [6, 6.07) is 7.66. The normalized spacial score (nSPS) is 17.4. The fourth-order valence-electron chi connectivity index (χ4n) is 2.16. The van der Waals surface area contributed by atoms with Crippen molar-refractivity contribution in [2.75, 3.05) is 39.8 Å². The fraction of sp³-hybridized carbons (Fsp3) is 0.500. The van der Waals surface area contributed by atoms with Gasteiger partial charge in [0.1, 0.15) is 0 Å². The second-order valence-corrected chi connectivity index (χ2v) is 4.97. The van der Waals surface area contributed by atoms with Gasteiger partial charge in [0.15, 0.2) is 0 Å². The van der Waals surface area contributed by atoms with E-state index in [4.69, 9.17) is 5.73 Å². The Balaban J connectivity index is 1.94. The Kier molecular flexibility index (Phi) is 4.90. The molecule has 0 radical (unpaired) electrons. The highest BCUT2D eigenvalue weighted by molar-refractivity contribution is 5.94. The van der Waals surface area contributed by atoms with Crippen molar-refractivity contribution in [3.63, 3.8) is 0 Å². The monoisotopic (exact) mass is 262 g/mol. The third-order valence-electron chi connectivity index (χ3n) is 3.39. The lowest BCUT2D eigenvalue weighted by molar-refractivity contribution is 0.0662. The van der Waals surface area contributed by atoms with Crippen molar-refractivity contribution in [2.45, 2.75) is 6.42 Å². The van der Waals surface area contributed by atoms with Crippen LogP contribution < -0.4 is 11.2 Å². The summed E-state index contributed by atoms with van der Waals surface area (Å²) in [5.74, 6) is -0.0385. The van der Waals surface area contributed by atoms with E-state index in [9.17, 15) is 4.79 Å². The number of hydrogen-bond acceptors (Lipinski definition) is 4. The van der Waals surface area contributed by atoms with E-state index in [-0.39, 0.29) is 5.91 Å². The van der Waals surface area contributed by atoms with Gasteiger partial charge in [-0.15, -0.1) is 0 Å². The van der Waals surface area contributed by atoms with E-state index in [1.54, 1.807) is 0 Å². The number of hydrazine groups is 1. The average Bonchev–Trinajstić information content (AvgIpc) is 2.42. The number of rotatable bonds is 4. The number of nitrogens with zero attached hydrogens (tertiary/aromatic N) is 2. The molecule has 1 aromatic rings. The van der Waals surface area contributed by atoms with Gasteiger partial charge in [0.25, 0.3) is 5.91 Å². The largest absolute Gasteiger partial charge is 0.330 e. The molecule has 1 fully saturated rings. The Hall–Kier alpha value is -1.43. The molecule has 104 valence electrons. The zero-order valence-corrected chi connectivity index (χ0v) is 11.4. The predicted molar refractivity (Wildman–Crippen MR) is 75.7 cm³/mol. The molecule has 0 spiro atoms. The number of amides is 1. The zero-order chi connectivity index (χ0) is 13.7. The molecule has 0 unspecified atom stereocenters. The van der Waals surface area contributed by atoms with Crippen LogP contribution in [0.15, 0.2) is 24.3 Å². The summed E-state index contributed by atoms with van der Waals surface area (Å²) in [5, 5.41) is 1.98. The van der Waals surface area contributed by atoms with Gasteiger partial charge in [-0.2, -0.15) is 0 Å². The zero-order valence-electron chi connectivity index (χ0n) is 11.4.